The Kier molecular flexibility index (Phi) is 9.11. The quantitative estimate of drug-likeness (QED) is 0.158. The molecule has 2 aromatic carbocycles. The zero-order chi connectivity index (χ0) is 36.8. The first kappa shape index (κ1) is 38.6. The maximum atomic E-state index is 7.40. The summed E-state index contributed by atoms with van der Waals surface area (Å²) in [5.41, 5.74) is 0.157. The van der Waals surface area contributed by atoms with Gasteiger partial charge in [-0.3, -0.25) is 0 Å². The summed E-state index contributed by atoms with van der Waals surface area (Å²) in [7, 11) is 3.12. The van der Waals surface area contributed by atoms with Crippen LogP contribution in [-0.4, -0.2) is 45.4 Å². The molecule has 4 heterocycles. The van der Waals surface area contributed by atoms with Gasteiger partial charge < -0.3 is 14.2 Å². The van der Waals surface area contributed by atoms with Crippen LogP contribution in [0.25, 0.3) is 0 Å². The van der Waals surface area contributed by atoms with Crippen LogP contribution in [0.2, 0.25) is 0 Å². The first-order valence-corrected chi connectivity index (χ1v) is 24.5. The molecule has 9 aliphatic carbocycles. The third kappa shape index (κ3) is 5.43. The van der Waals surface area contributed by atoms with Crippen molar-refractivity contribution in [2.24, 2.45) is 46.8 Å². The Hall–Kier alpha value is -0.561. The smallest absolute Gasteiger partial charge is 0.343 e. The van der Waals surface area contributed by atoms with Crippen LogP contribution in [0.15, 0.2) is 78.9 Å². The number of ether oxygens (including phenoxy) is 3. The van der Waals surface area contributed by atoms with Crippen LogP contribution in [0.3, 0.4) is 0 Å². The second kappa shape index (κ2) is 13.0. The van der Waals surface area contributed by atoms with E-state index >= 15 is 0 Å². The second-order valence-electron chi connectivity index (χ2n) is 21.7. The van der Waals surface area contributed by atoms with Crippen molar-refractivity contribution in [1.82, 2.24) is 0 Å². The second-order valence-corrected chi connectivity index (χ2v) is 25.3. The van der Waals surface area contributed by atoms with Crippen LogP contribution in [-0.2, 0) is 36.7 Å². The third-order valence-electron chi connectivity index (χ3n) is 18.1. The molecule has 0 spiro atoms. The molecule has 15 rings (SSSR count). The van der Waals surface area contributed by atoms with E-state index in [1.165, 1.54) is 11.7 Å². The summed E-state index contributed by atoms with van der Waals surface area (Å²) in [5.74, 6) is 5.23. The minimum Gasteiger partial charge on any atom is -0.343 e. The van der Waals surface area contributed by atoms with E-state index in [0.29, 0.717) is 16.2 Å². The van der Waals surface area contributed by atoms with Crippen LogP contribution in [0, 0.1) is 46.8 Å². The largest absolute Gasteiger partial charge is 2.00 e. The Morgan fingerprint density at radius 2 is 1.16 bits per heavy atom. The molecule has 6 heteroatoms. The SMILES string of the molecule is CC12CC3(C)OC(C)(CC(C)(O1)C3(CP)C1(c3ccc[cH-]3)C=CC=CC1CP(C13CC4CC(CC(C4)C1)C3)C13CC4CC(CC(C4)C1)C3)O2.[Fe+2].c1cc[cH-]c1. The van der Waals surface area contributed by atoms with Gasteiger partial charge >= 0.3 is 17.1 Å². The molecule has 13 aliphatic rings. The normalized spacial score (nSPS) is 53.6. The summed E-state index contributed by atoms with van der Waals surface area (Å²) in [6.07, 6.45) is 32.8. The fraction of sp³-hybridized carbons (Fsp3) is 0.714. The number of allylic oxidation sites excluding steroid dienone is 4. The van der Waals surface area contributed by atoms with E-state index in [1.54, 1.807) is 77.0 Å². The Balaban J connectivity index is 0.000000578. The van der Waals surface area contributed by atoms with E-state index in [0.717, 1.165) is 54.5 Å². The van der Waals surface area contributed by atoms with Crippen LogP contribution in [0.4, 0.5) is 0 Å². The zero-order valence-corrected chi connectivity index (χ0v) is 37.1. The molecule has 0 aromatic heterocycles. The van der Waals surface area contributed by atoms with Gasteiger partial charge in [0.2, 0.25) is 0 Å². The molecule has 0 radical (unpaired) electrons. The maximum absolute atomic E-state index is 7.40. The van der Waals surface area contributed by atoms with E-state index in [9.17, 15) is 0 Å². The van der Waals surface area contributed by atoms with E-state index in [-0.39, 0.29) is 35.8 Å². The van der Waals surface area contributed by atoms with Crippen molar-refractivity contribution >= 4 is 17.2 Å². The van der Waals surface area contributed by atoms with E-state index in [4.69, 9.17) is 14.2 Å². The van der Waals surface area contributed by atoms with Gasteiger partial charge in [-0.1, -0.05) is 32.2 Å². The molecule has 4 aliphatic heterocycles. The summed E-state index contributed by atoms with van der Waals surface area (Å²) < 4.78 is 21.5. The van der Waals surface area contributed by atoms with Gasteiger partial charge in [-0.05, 0) is 169 Å². The fourth-order valence-electron chi connectivity index (χ4n) is 18.2. The van der Waals surface area contributed by atoms with Crippen LogP contribution < -0.4 is 0 Å². The molecule has 8 saturated carbocycles. The average Bonchev–Trinajstić information content (AvgIpc) is 3.83. The van der Waals surface area contributed by atoms with Crippen LogP contribution in [0.5, 0.6) is 0 Å². The monoisotopic (exact) mass is 820 g/mol. The Labute approximate surface area is 346 Å². The van der Waals surface area contributed by atoms with Gasteiger partial charge in [0.15, 0.2) is 11.6 Å². The van der Waals surface area contributed by atoms with E-state index in [1.807, 2.05) is 30.3 Å². The molecule has 55 heavy (non-hydrogen) atoms. The van der Waals surface area contributed by atoms with Gasteiger partial charge in [-0.2, -0.15) is 35.9 Å². The molecule has 2 aromatic rings. The first-order chi connectivity index (χ1) is 25.9. The summed E-state index contributed by atoms with van der Waals surface area (Å²) in [5, 5.41) is 1.21. The van der Waals surface area contributed by atoms with Gasteiger partial charge in [0, 0.05) is 23.7 Å². The van der Waals surface area contributed by atoms with Crippen molar-refractivity contribution in [3.8, 4) is 0 Å². The van der Waals surface area contributed by atoms with Gasteiger partial charge in [0.25, 0.3) is 0 Å². The summed E-state index contributed by atoms with van der Waals surface area (Å²) >= 11 is 0. The van der Waals surface area contributed by atoms with Crippen molar-refractivity contribution in [3.63, 3.8) is 0 Å². The minimum atomic E-state index is -0.625. The van der Waals surface area contributed by atoms with Crippen molar-refractivity contribution in [2.45, 2.75) is 156 Å². The van der Waals surface area contributed by atoms with Gasteiger partial charge in [-0.15, -0.1) is 9.24 Å². The summed E-state index contributed by atoms with van der Waals surface area (Å²) in [6, 6.07) is 19.6. The van der Waals surface area contributed by atoms with Crippen molar-refractivity contribution in [3.05, 3.63) is 84.5 Å². The summed E-state index contributed by atoms with van der Waals surface area (Å²) in [4.78, 5) is 0. The molecule has 0 N–H and O–H groups in total. The van der Waals surface area contributed by atoms with Crippen molar-refractivity contribution < 1.29 is 31.3 Å². The minimum absolute atomic E-state index is 0. The average molecular weight is 821 g/mol. The van der Waals surface area contributed by atoms with Crippen molar-refractivity contribution in [2.75, 3.05) is 12.3 Å². The standard InChI is InChI=1S/C44H61O3P2.C5H5.Fe/c1-37-26-39(3)46-38(2,27-40(4,45-37)47-39)44(37,28-48)43(35-9-5-6-10-35)12-8-7-11-36(43)25-49(41-19-29-13-30(20-41)15-31(14-29)21-41)42-22-32-16-33(23-42)18-34(17-32)24-42;1-2-4-5-3-1;/h5-12,29-34,36H,13-28,48H2,1-4H3;1-5H;/q2*-1;+2. The van der Waals surface area contributed by atoms with Crippen LogP contribution in [0.1, 0.15) is 123 Å². The van der Waals surface area contributed by atoms with Crippen LogP contribution >= 0.6 is 17.2 Å². The van der Waals surface area contributed by atoms with Crippen molar-refractivity contribution in [1.29, 1.82) is 0 Å². The molecule has 4 saturated heterocycles. The van der Waals surface area contributed by atoms with E-state index < -0.39 is 22.8 Å². The van der Waals surface area contributed by atoms with E-state index in [2.05, 4.69) is 85.5 Å². The molecule has 12 fully saturated rings. The zero-order valence-electron chi connectivity index (χ0n) is 34.0. The summed E-state index contributed by atoms with van der Waals surface area (Å²) in [6.45, 7) is 9.31. The molecule has 298 valence electrons. The number of hydrogen-bond acceptors (Lipinski definition) is 3. The van der Waals surface area contributed by atoms with Gasteiger partial charge in [-0.25, -0.2) is 24.3 Å². The maximum Gasteiger partial charge on any atom is 2.00 e. The number of rotatable bonds is 7. The molecule has 12 bridgehead atoms. The predicted octanol–water partition coefficient (Wildman–Crippen LogP) is 11.9. The predicted molar refractivity (Wildman–Crippen MR) is 224 cm³/mol. The molecular formula is C49H66FeO3P2. The Bertz CT molecular complexity index is 1620. The Morgan fingerprint density at radius 3 is 1.56 bits per heavy atom. The molecule has 0 amide bonds. The molecule has 7 unspecified atom stereocenters. The third-order valence-corrected chi connectivity index (χ3v) is 22.8. The molecule has 7 atom stereocenters. The number of hydrogen-bond donors (Lipinski definition) is 0. The fourth-order valence-corrected chi connectivity index (χ4v) is 24.8. The Morgan fingerprint density at radius 1 is 0.673 bits per heavy atom. The first-order valence-electron chi connectivity index (χ1n) is 22.2. The topological polar surface area (TPSA) is 27.7 Å². The van der Waals surface area contributed by atoms with Gasteiger partial charge in [0.05, 0.1) is 11.2 Å². The van der Waals surface area contributed by atoms with Gasteiger partial charge in [0.1, 0.15) is 0 Å². The molecule has 3 nitrogen and oxygen atoms in total. The molecular weight excluding hydrogens is 754 g/mol.